The van der Waals surface area contributed by atoms with Gasteiger partial charge >= 0.3 is 0 Å². The molecule has 3 aromatic rings. The van der Waals surface area contributed by atoms with Crippen molar-refractivity contribution in [1.82, 2.24) is 15.2 Å². The number of benzene rings is 2. The number of anilines is 1. The van der Waals surface area contributed by atoms with Gasteiger partial charge in [0.25, 0.3) is 5.91 Å². The van der Waals surface area contributed by atoms with Gasteiger partial charge in [0.2, 0.25) is 0 Å². The molecule has 6 heteroatoms. The second-order valence-corrected chi connectivity index (χ2v) is 8.48. The third kappa shape index (κ3) is 5.15. The van der Waals surface area contributed by atoms with Gasteiger partial charge in [0.05, 0.1) is 0 Å². The van der Waals surface area contributed by atoms with Crippen molar-refractivity contribution in [2.24, 2.45) is 0 Å². The zero-order chi connectivity index (χ0) is 20.9. The number of hydrogen-bond donors (Lipinski definition) is 2. The first-order valence-electron chi connectivity index (χ1n) is 10.7. The van der Waals surface area contributed by atoms with Gasteiger partial charge in [0.1, 0.15) is 5.69 Å². The van der Waals surface area contributed by atoms with Gasteiger partial charge in [-0.1, -0.05) is 23.7 Å². The Hall–Kier alpha value is -2.50. The van der Waals surface area contributed by atoms with E-state index in [2.05, 4.69) is 51.3 Å². The van der Waals surface area contributed by atoms with Gasteiger partial charge in [-0.25, -0.2) is 0 Å². The van der Waals surface area contributed by atoms with Crippen molar-refractivity contribution in [3.05, 3.63) is 64.8 Å². The number of nitrogens with one attached hydrogen (secondary N) is 2. The third-order valence-corrected chi connectivity index (χ3v) is 5.99. The van der Waals surface area contributed by atoms with Crippen molar-refractivity contribution in [3.8, 4) is 0 Å². The molecule has 2 N–H and O–H groups in total. The summed E-state index contributed by atoms with van der Waals surface area (Å²) >= 11 is 6.01. The number of fused-ring (bicyclic) bond motifs is 1. The molecular weight excluding hydrogens is 396 g/mol. The molecule has 1 aliphatic heterocycles. The zero-order valence-electron chi connectivity index (χ0n) is 17.5. The first-order chi connectivity index (χ1) is 14.6. The summed E-state index contributed by atoms with van der Waals surface area (Å²) in [6, 6.07) is 16.2. The molecule has 1 amide bonds. The van der Waals surface area contributed by atoms with Crippen LogP contribution in [0.1, 0.15) is 28.9 Å². The van der Waals surface area contributed by atoms with Crippen LogP contribution in [0, 0.1) is 6.92 Å². The molecule has 0 bridgehead atoms. The van der Waals surface area contributed by atoms with Gasteiger partial charge in [-0.2, -0.15) is 0 Å². The lowest BCUT2D eigenvalue weighted by Gasteiger charge is -2.36. The van der Waals surface area contributed by atoms with Crippen LogP contribution in [0.5, 0.6) is 0 Å². The molecule has 30 heavy (non-hydrogen) atoms. The van der Waals surface area contributed by atoms with E-state index in [1.807, 2.05) is 24.3 Å². The van der Waals surface area contributed by atoms with Crippen molar-refractivity contribution in [2.45, 2.75) is 19.8 Å². The molecule has 2 heterocycles. The molecule has 1 aliphatic rings. The van der Waals surface area contributed by atoms with E-state index in [0.717, 1.165) is 56.5 Å². The molecule has 5 nitrogen and oxygen atoms in total. The van der Waals surface area contributed by atoms with Crippen molar-refractivity contribution >= 4 is 34.1 Å². The second-order valence-electron chi connectivity index (χ2n) is 8.05. The van der Waals surface area contributed by atoms with Gasteiger partial charge in [-0.05, 0) is 68.3 Å². The van der Waals surface area contributed by atoms with Gasteiger partial charge in [0, 0.05) is 54.3 Å². The molecule has 2 aromatic carbocycles. The number of rotatable bonds is 7. The summed E-state index contributed by atoms with van der Waals surface area (Å²) in [6.45, 7) is 8.26. The number of H-pyrrole nitrogens is 1. The minimum atomic E-state index is -0.0610. The van der Waals surface area contributed by atoms with E-state index in [0.29, 0.717) is 17.3 Å². The summed E-state index contributed by atoms with van der Waals surface area (Å²) in [5, 5.41) is 4.65. The fourth-order valence-electron chi connectivity index (χ4n) is 4.04. The van der Waals surface area contributed by atoms with Crippen LogP contribution in [0.15, 0.2) is 48.5 Å². The lowest BCUT2D eigenvalue weighted by atomic mass is 10.2. The highest BCUT2D eigenvalue weighted by Gasteiger charge is 2.17. The van der Waals surface area contributed by atoms with Gasteiger partial charge in [-0.15, -0.1) is 0 Å². The predicted molar refractivity (Wildman–Crippen MR) is 125 cm³/mol. The summed E-state index contributed by atoms with van der Waals surface area (Å²) < 4.78 is 0. The number of unbranched alkanes of at least 4 members (excludes halogenated alkanes) is 1. The average molecular weight is 425 g/mol. The van der Waals surface area contributed by atoms with Crippen LogP contribution < -0.4 is 10.2 Å². The Bertz CT molecular complexity index is 1010. The number of aryl methyl sites for hydroxylation is 1. The Kier molecular flexibility index (Phi) is 6.60. The summed E-state index contributed by atoms with van der Waals surface area (Å²) in [5.41, 5.74) is 4.15. The van der Waals surface area contributed by atoms with Crippen molar-refractivity contribution < 1.29 is 4.79 Å². The normalized spacial score (nSPS) is 14.9. The van der Waals surface area contributed by atoms with Crippen molar-refractivity contribution in [3.63, 3.8) is 0 Å². The Morgan fingerprint density at radius 3 is 2.70 bits per heavy atom. The standard InChI is InChI=1S/C24H29ClN4O/c1-18-5-4-6-21(15-18)29-13-11-28(12-14-29)10-3-2-9-26-24(30)23-17-19-16-20(25)7-8-22(19)27-23/h4-8,15-17,27H,2-3,9-14H2,1H3,(H,26,30). The van der Waals surface area contributed by atoms with Gasteiger partial charge in [0.15, 0.2) is 0 Å². The van der Waals surface area contributed by atoms with Crippen molar-refractivity contribution in [2.75, 3.05) is 44.2 Å². The van der Waals surface area contributed by atoms with Crippen LogP contribution in [-0.2, 0) is 0 Å². The summed E-state index contributed by atoms with van der Waals surface area (Å²) in [5.74, 6) is -0.0610. The van der Waals surface area contributed by atoms with E-state index in [1.54, 1.807) is 0 Å². The van der Waals surface area contributed by atoms with Crippen LogP contribution in [0.25, 0.3) is 10.9 Å². The highest BCUT2D eigenvalue weighted by molar-refractivity contribution is 6.31. The van der Waals surface area contributed by atoms with E-state index >= 15 is 0 Å². The Morgan fingerprint density at radius 1 is 1.07 bits per heavy atom. The van der Waals surface area contributed by atoms with Crippen LogP contribution in [-0.4, -0.2) is 55.1 Å². The number of aromatic nitrogens is 1. The average Bonchev–Trinajstić information content (AvgIpc) is 3.17. The van der Waals surface area contributed by atoms with E-state index in [1.165, 1.54) is 11.3 Å². The van der Waals surface area contributed by atoms with Crippen LogP contribution >= 0.6 is 11.6 Å². The van der Waals surface area contributed by atoms with Crippen LogP contribution in [0.4, 0.5) is 5.69 Å². The summed E-state index contributed by atoms with van der Waals surface area (Å²) in [4.78, 5) is 20.5. The highest BCUT2D eigenvalue weighted by atomic mass is 35.5. The third-order valence-electron chi connectivity index (χ3n) is 5.75. The number of carbonyl (C=O) groups is 1. The summed E-state index contributed by atoms with van der Waals surface area (Å²) in [6.07, 6.45) is 2.07. The maximum absolute atomic E-state index is 12.4. The quantitative estimate of drug-likeness (QED) is 0.550. The first-order valence-corrected chi connectivity index (χ1v) is 11.1. The predicted octanol–water partition coefficient (Wildman–Crippen LogP) is 4.46. The Labute approximate surface area is 183 Å². The molecule has 0 saturated carbocycles. The number of amides is 1. The molecule has 158 valence electrons. The van der Waals surface area contributed by atoms with E-state index in [-0.39, 0.29) is 5.91 Å². The monoisotopic (exact) mass is 424 g/mol. The molecule has 1 fully saturated rings. The molecular formula is C24H29ClN4O. The minimum absolute atomic E-state index is 0.0610. The number of hydrogen-bond acceptors (Lipinski definition) is 3. The molecule has 0 spiro atoms. The number of aromatic amines is 1. The zero-order valence-corrected chi connectivity index (χ0v) is 18.2. The SMILES string of the molecule is Cc1cccc(N2CCN(CCCCNC(=O)c3cc4cc(Cl)ccc4[nH]3)CC2)c1. The fraction of sp³-hybridized carbons (Fsp3) is 0.375. The number of nitrogens with zero attached hydrogens (tertiary/aromatic N) is 2. The number of halogens is 1. The molecule has 1 saturated heterocycles. The van der Waals surface area contributed by atoms with Gasteiger partial charge < -0.3 is 15.2 Å². The second kappa shape index (κ2) is 9.54. The van der Waals surface area contributed by atoms with Gasteiger partial charge in [-0.3, -0.25) is 9.69 Å². The van der Waals surface area contributed by atoms with E-state index in [9.17, 15) is 4.79 Å². The molecule has 0 aliphatic carbocycles. The smallest absolute Gasteiger partial charge is 0.267 e. The largest absolute Gasteiger partial charge is 0.369 e. The lowest BCUT2D eigenvalue weighted by Crippen LogP contribution is -2.46. The molecule has 0 atom stereocenters. The minimum Gasteiger partial charge on any atom is -0.369 e. The molecule has 4 rings (SSSR count). The van der Waals surface area contributed by atoms with Crippen molar-refractivity contribution in [1.29, 1.82) is 0 Å². The Balaban J connectivity index is 1.15. The molecule has 0 radical (unpaired) electrons. The Morgan fingerprint density at radius 2 is 1.90 bits per heavy atom. The maximum atomic E-state index is 12.4. The van der Waals surface area contributed by atoms with E-state index < -0.39 is 0 Å². The summed E-state index contributed by atoms with van der Waals surface area (Å²) in [7, 11) is 0. The van der Waals surface area contributed by atoms with Crippen LogP contribution in [0.2, 0.25) is 5.02 Å². The number of carbonyl (C=O) groups excluding carboxylic acids is 1. The fourth-order valence-corrected chi connectivity index (χ4v) is 4.22. The molecule has 0 unspecified atom stereocenters. The highest BCUT2D eigenvalue weighted by Crippen LogP contribution is 2.20. The van der Waals surface area contributed by atoms with Crippen LogP contribution in [0.3, 0.4) is 0 Å². The molecule has 1 aromatic heterocycles. The topological polar surface area (TPSA) is 51.4 Å². The van der Waals surface area contributed by atoms with E-state index in [4.69, 9.17) is 11.6 Å². The first kappa shape index (κ1) is 20.8. The number of piperazine rings is 1. The lowest BCUT2D eigenvalue weighted by molar-refractivity contribution is 0.0948. The maximum Gasteiger partial charge on any atom is 0.267 e.